The number of rotatable bonds is 8. The summed E-state index contributed by atoms with van der Waals surface area (Å²) < 4.78 is 36.7. The normalized spacial score (nSPS) is 12.4. The average Bonchev–Trinajstić information content (AvgIpc) is 3.34. The second-order valence-corrected chi connectivity index (χ2v) is 12.5. The van der Waals surface area contributed by atoms with Crippen LogP contribution in [-0.2, 0) is 5.60 Å². The second kappa shape index (κ2) is 12.2. The Kier molecular flexibility index (Phi) is 8.72. The Bertz CT molecular complexity index is 1860. The average molecular weight is 643 g/mol. The molecule has 0 aliphatic heterocycles. The monoisotopic (exact) mass is 641 g/mol. The largest absolute Gasteiger partial charge is 0.494 e. The third-order valence-corrected chi connectivity index (χ3v) is 8.70. The quantitative estimate of drug-likeness (QED) is 0.179. The number of ether oxygens (including phenoxy) is 1. The van der Waals surface area contributed by atoms with Gasteiger partial charge in [0.25, 0.3) is 5.91 Å². The number of aryl methyl sites for hydroxylation is 1. The lowest BCUT2D eigenvalue weighted by molar-refractivity contribution is 0.0743. The van der Waals surface area contributed by atoms with Crippen LogP contribution in [0.4, 0.5) is 8.78 Å². The molecule has 6 nitrogen and oxygen atoms in total. The fourth-order valence-electron chi connectivity index (χ4n) is 4.85. The van der Waals surface area contributed by atoms with Gasteiger partial charge in [-0.2, -0.15) is 0 Å². The van der Waals surface area contributed by atoms with Crippen LogP contribution < -0.4 is 10.1 Å². The maximum absolute atomic E-state index is 15.9. The van der Waals surface area contributed by atoms with Crippen molar-refractivity contribution in [2.75, 3.05) is 13.7 Å². The maximum atomic E-state index is 15.9. The Morgan fingerprint density at radius 1 is 1.09 bits per heavy atom. The van der Waals surface area contributed by atoms with Crippen molar-refractivity contribution in [3.05, 3.63) is 110 Å². The van der Waals surface area contributed by atoms with Gasteiger partial charge in [-0.25, -0.2) is 18.7 Å². The topological polar surface area (TPSA) is 84.3 Å². The van der Waals surface area contributed by atoms with Crippen LogP contribution in [0.15, 0.2) is 60.7 Å². The van der Waals surface area contributed by atoms with Crippen molar-refractivity contribution >= 4 is 50.7 Å². The Labute approximate surface area is 261 Å². The van der Waals surface area contributed by atoms with Gasteiger partial charge < -0.3 is 15.2 Å². The zero-order valence-corrected chi connectivity index (χ0v) is 26.0. The number of aromatic nitrogens is 2. The van der Waals surface area contributed by atoms with Gasteiger partial charge >= 0.3 is 0 Å². The summed E-state index contributed by atoms with van der Waals surface area (Å²) in [6.45, 7) is 4.73. The summed E-state index contributed by atoms with van der Waals surface area (Å²) in [6.07, 6.45) is 0. The molecule has 0 radical (unpaired) electrons. The molecule has 1 atom stereocenters. The third kappa shape index (κ3) is 6.35. The summed E-state index contributed by atoms with van der Waals surface area (Å²) in [5.74, 6) is -1.95. The van der Waals surface area contributed by atoms with Crippen LogP contribution in [-0.4, -0.2) is 34.6 Å². The number of carbonyl (C=O) groups excluding carboxylic acids is 1. The number of hydrogen-bond acceptors (Lipinski definition) is 6. The van der Waals surface area contributed by atoms with Crippen LogP contribution in [0.2, 0.25) is 10.0 Å². The number of nitrogens with zero attached hydrogens (tertiary/aromatic N) is 2. The number of hydrogen-bond donors (Lipinski definition) is 2. The molecule has 222 valence electrons. The molecule has 0 spiro atoms. The van der Waals surface area contributed by atoms with Crippen molar-refractivity contribution in [3.63, 3.8) is 0 Å². The molecule has 2 heterocycles. The Hall–Kier alpha value is -3.63. The maximum Gasteiger partial charge on any atom is 0.251 e. The van der Waals surface area contributed by atoms with Gasteiger partial charge in [-0.3, -0.25) is 4.79 Å². The first kappa shape index (κ1) is 30.8. The fraction of sp³-hybridized carbons (Fsp3) is 0.219. The van der Waals surface area contributed by atoms with E-state index in [0.717, 1.165) is 9.71 Å². The molecule has 0 aliphatic rings. The number of amides is 1. The minimum absolute atomic E-state index is 0.0307. The fourth-order valence-corrected chi connectivity index (χ4v) is 6.12. The van der Waals surface area contributed by atoms with Gasteiger partial charge in [0.1, 0.15) is 22.8 Å². The van der Waals surface area contributed by atoms with E-state index in [4.69, 9.17) is 27.9 Å². The van der Waals surface area contributed by atoms with Gasteiger partial charge in [0.2, 0.25) is 0 Å². The van der Waals surface area contributed by atoms with Gasteiger partial charge in [0, 0.05) is 29.2 Å². The molecule has 2 aromatic heterocycles. The minimum atomic E-state index is -1.61. The minimum Gasteiger partial charge on any atom is -0.494 e. The zero-order valence-electron chi connectivity index (χ0n) is 23.6. The predicted octanol–water partition coefficient (Wildman–Crippen LogP) is 8.05. The number of carbonyl (C=O) groups is 1. The van der Waals surface area contributed by atoms with Crippen molar-refractivity contribution in [3.8, 4) is 17.0 Å². The zero-order chi connectivity index (χ0) is 31.1. The molecular formula is C32H27Cl2F2N3O3S. The van der Waals surface area contributed by atoms with Gasteiger partial charge in [-0.15, -0.1) is 11.3 Å². The SMILES string of the molecule is COc1cc(C(=O)NCC(c2cccc(F)c2)c2cc(C(C)(C)O)c(F)c(-c3cccc(Cl)c3Cl)n2)cc2sc(C)nc12. The molecular weight excluding hydrogens is 615 g/mol. The lowest BCUT2D eigenvalue weighted by atomic mass is 9.89. The second-order valence-electron chi connectivity index (χ2n) is 10.5. The van der Waals surface area contributed by atoms with Crippen LogP contribution in [0.5, 0.6) is 5.75 Å². The molecule has 0 fully saturated rings. The van der Waals surface area contributed by atoms with Crippen LogP contribution in [0.1, 0.15) is 52.0 Å². The Morgan fingerprint density at radius 2 is 1.84 bits per heavy atom. The van der Waals surface area contributed by atoms with E-state index in [1.165, 1.54) is 50.5 Å². The number of benzene rings is 3. The highest BCUT2D eigenvalue weighted by Gasteiger charge is 2.29. The van der Waals surface area contributed by atoms with E-state index in [2.05, 4.69) is 15.3 Å². The summed E-state index contributed by atoms with van der Waals surface area (Å²) in [7, 11) is 1.51. The van der Waals surface area contributed by atoms with Crippen LogP contribution in [0.25, 0.3) is 21.5 Å². The first-order chi connectivity index (χ1) is 20.4. The molecule has 11 heteroatoms. The van der Waals surface area contributed by atoms with Crippen molar-refractivity contribution in [2.24, 2.45) is 0 Å². The van der Waals surface area contributed by atoms with E-state index in [-0.39, 0.29) is 39.1 Å². The molecule has 0 aliphatic carbocycles. The summed E-state index contributed by atoms with van der Waals surface area (Å²) in [6, 6.07) is 15.4. The first-order valence-electron chi connectivity index (χ1n) is 13.2. The molecule has 0 saturated heterocycles. The lowest BCUT2D eigenvalue weighted by Gasteiger charge is -2.25. The summed E-state index contributed by atoms with van der Waals surface area (Å²) in [5, 5.41) is 15.0. The van der Waals surface area contributed by atoms with Gasteiger partial charge in [0.15, 0.2) is 5.82 Å². The standard InChI is InChI=1S/C32H27Cl2F2N3O3S/c1-16-38-30-25(42-4)12-18(13-26(30)43-16)31(40)37-15-21(17-7-5-8-19(35)11-17)24-14-22(32(2,3)41)28(36)29(39-24)20-9-6-10-23(33)27(20)34/h5-14,21,41H,15H2,1-4H3,(H,37,40). The highest BCUT2D eigenvalue weighted by atomic mass is 35.5. The van der Waals surface area contributed by atoms with Gasteiger partial charge in [0.05, 0.1) is 38.2 Å². The van der Waals surface area contributed by atoms with E-state index in [9.17, 15) is 14.3 Å². The van der Waals surface area contributed by atoms with E-state index in [1.807, 2.05) is 6.92 Å². The number of pyridine rings is 1. The Balaban J connectivity index is 1.61. The molecule has 0 bridgehead atoms. The summed E-state index contributed by atoms with van der Waals surface area (Å²) >= 11 is 14.1. The molecule has 2 N–H and O–H groups in total. The molecule has 43 heavy (non-hydrogen) atoms. The number of thiazole rings is 1. The predicted molar refractivity (Wildman–Crippen MR) is 166 cm³/mol. The molecule has 3 aromatic carbocycles. The molecule has 0 saturated carbocycles. The molecule has 5 rings (SSSR count). The van der Waals surface area contributed by atoms with Gasteiger partial charge in [-0.05, 0) is 62.7 Å². The van der Waals surface area contributed by atoms with Crippen molar-refractivity contribution in [1.29, 1.82) is 0 Å². The number of methoxy groups -OCH3 is 1. The van der Waals surface area contributed by atoms with Crippen molar-refractivity contribution in [1.82, 2.24) is 15.3 Å². The van der Waals surface area contributed by atoms with Crippen molar-refractivity contribution in [2.45, 2.75) is 32.3 Å². The van der Waals surface area contributed by atoms with E-state index < -0.39 is 29.1 Å². The van der Waals surface area contributed by atoms with Crippen LogP contribution in [0.3, 0.4) is 0 Å². The lowest BCUT2D eigenvalue weighted by Crippen LogP contribution is -2.30. The van der Waals surface area contributed by atoms with Crippen LogP contribution in [0, 0.1) is 18.6 Å². The number of nitrogens with one attached hydrogen (secondary N) is 1. The van der Waals surface area contributed by atoms with E-state index in [1.54, 1.807) is 42.5 Å². The van der Waals surface area contributed by atoms with E-state index >= 15 is 4.39 Å². The summed E-state index contributed by atoms with van der Waals surface area (Å²) in [4.78, 5) is 22.5. The van der Waals surface area contributed by atoms with Crippen LogP contribution >= 0.6 is 34.5 Å². The highest BCUT2D eigenvalue weighted by Crippen LogP contribution is 2.39. The van der Waals surface area contributed by atoms with Crippen molar-refractivity contribution < 1.29 is 23.4 Å². The third-order valence-electron chi connectivity index (χ3n) is 6.97. The smallest absolute Gasteiger partial charge is 0.251 e. The van der Waals surface area contributed by atoms with Gasteiger partial charge in [-0.1, -0.05) is 47.5 Å². The summed E-state index contributed by atoms with van der Waals surface area (Å²) in [5.41, 5.74) is 0.203. The number of halogens is 4. The number of aliphatic hydroxyl groups is 1. The highest BCUT2D eigenvalue weighted by molar-refractivity contribution is 7.18. The van der Waals surface area contributed by atoms with E-state index in [0.29, 0.717) is 22.4 Å². The first-order valence-corrected chi connectivity index (χ1v) is 14.8. The number of fused-ring (bicyclic) bond motifs is 1. The molecule has 1 amide bonds. The molecule has 5 aromatic rings. The molecule has 1 unspecified atom stereocenters. The Morgan fingerprint density at radius 3 is 2.53 bits per heavy atom.